The molecule has 1 unspecified atom stereocenters. The molecule has 1 aliphatic heterocycles. The van der Waals surface area contributed by atoms with Gasteiger partial charge in [-0.15, -0.1) is 0 Å². The average molecular weight is 185 g/mol. The number of aliphatic hydroxyl groups excluding tert-OH is 1. The summed E-state index contributed by atoms with van der Waals surface area (Å²) in [7, 11) is 0. The Labute approximate surface area is 77.3 Å². The van der Waals surface area contributed by atoms with Gasteiger partial charge in [-0.25, -0.2) is 0 Å². The highest BCUT2D eigenvalue weighted by atomic mass is 16.5. The molecule has 0 aromatic heterocycles. The molecule has 0 radical (unpaired) electrons. The Hall–Kier alpha value is -0.450. The number of ether oxygens (including phenoxy) is 1. The molecule has 2 fully saturated rings. The number of carbonyl (C=O) groups excluding carboxylic acids is 1. The molecule has 2 N–H and O–H groups in total. The first-order chi connectivity index (χ1) is 6.29. The monoisotopic (exact) mass is 185 g/mol. The Balaban J connectivity index is 1.95. The summed E-state index contributed by atoms with van der Waals surface area (Å²) in [5.74, 6) is 0.279. The highest BCUT2D eigenvalue weighted by Gasteiger charge is 2.35. The van der Waals surface area contributed by atoms with Crippen LogP contribution in [-0.2, 0) is 9.53 Å². The van der Waals surface area contributed by atoms with E-state index in [1.807, 2.05) is 0 Å². The van der Waals surface area contributed by atoms with E-state index >= 15 is 0 Å². The summed E-state index contributed by atoms with van der Waals surface area (Å²) in [5, 5.41) is 12.2. The van der Waals surface area contributed by atoms with Crippen LogP contribution in [-0.4, -0.2) is 42.3 Å². The molecular formula is C9H15NO3. The number of carbonyl (C=O) groups is 1. The number of fused-ring (bicyclic) bond motifs is 1. The number of morpholine rings is 1. The van der Waals surface area contributed by atoms with Gasteiger partial charge >= 0.3 is 0 Å². The van der Waals surface area contributed by atoms with Crippen molar-refractivity contribution < 1.29 is 14.6 Å². The molecule has 0 bridgehead atoms. The van der Waals surface area contributed by atoms with E-state index in [0.717, 1.165) is 6.42 Å². The number of Topliss-reactive ketones (excluding diaryl/α,β-unsaturated/α-hetero) is 1. The molecule has 1 saturated carbocycles. The largest absolute Gasteiger partial charge is 0.394 e. The van der Waals surface area contributed by atoms with Crippen molar-refractivity contribution in [3.63, 3.8) is 0 Å². The lowest BCUT2D eigenvalue weighted by molar-refractivity contribution is -0.135. The van der Waals surface area contributed by atoms with Gasteiger partial charge in [-0.1, -0.05) is 0 Å². The van der Waals surface area contributed by atoms with Crippen molar-refractivity contribution in [1.29, 1.82) is 0 Å². The minimum absolute atomic E-state index is 0.00727. The van der Waals surface area contributed by atoms with Gasteiger partial charge in [0, 0.05) is 25.4 Å². The Kier molecular flexibility index (Phi) is 2.62. The van der Waals surface area contributed by atoms with Crippen LogP contribution in [0.1, 0.15) is 19.3 Å². The molecule has 2 aliphatic rings. The molecule has 0 aromatic carbocycles. The third-order valence-electron chi connectivity index (χ3n) is 2.79. The first-order valence-corrected chi connectivity index (χ1v) is 4.81. The quantitative estimate of drug-likeness (QED) is 0.576. The second-order valence-electron chi connectivity index (χ2n) is 3.78. The van der Waals surface area contributed by atoms with Gasteiger partial charge in [-0.3, -0.25) is 4.79 Å². The van der Waals surface area contributed by atoms with Crippen LogP contribution < -0.4 is 5.32 Å². The molecule has 74 valence electrons. The van der Waals surface area contributed by atoms with Gasteiger partial charge in [-0.05, 0) is 6.42 Å². The van der Waals surface area contributed by atoms with Gasteiger partial charge in [0.25, 0.3) is 0 Å². The van der Waals surface area contributed by atoms with E-state index in [0.29, 0.717) is 25.4 Å². The van der Waals surface area contributed by atoms with E-state index in [2.05, 4.69) is 5.32 Å². The highest BCUT2D eigenvalue weighted by Crippen LogP contribution is 2.22. The third-order valence-corrected chi connectivity index (χ3v) is 2.79. The van der Waals surface area contributed by atoms with E-state index < -0.39 is 0 Å². The number of nitrogens with one attached hydrogen (secondary N) is 1. The summed E-state index contributed by atoms with van der Waals surface area (Å²) in [6.07, 6.45) is 1.91. The van der Waals surface area contributed by atoms with E-state index in [1.165, 1.54) is 0 Å². The van der Waals surface area contributed by atoms with Crippen molar-refractivity contribution in [2.45, 2.75) is 37.5 Å². The Morgan fingerprint density at radius 1 is 1.62 bits per heavy atom. The number of rotatable bonds is 1. The lowest BCUT2D eigenvalue weighted by Crippen LogP contribution is -2.55. The van der Waals surface area contributed by atoms with Crippen LogP contribution in [0.2, 0.25) is 0 Å². The van der Waals surface area contributed by atoms with Gasteiger partial charge in [0.2, 0.25) is 0 Å². The van der Waals surface area contributed by atoms with Crippen LogP contribution in [0.25, 0.3) is 0 Å². The maximum Gasteiger partial charge on any atom is 0.135 e. The van der Waals surface area contributed by atoms with E-state index in [9.17, 15) is 4.79 Å². The molecule has 0 aromatic rings. The van der Waals surface area contributed by atoms with Crippen LogP contribution >= 0.6 is 0 Å². The maximum absolute atomic E-state index is 11.1. The van der Waals surface area contributed by atoms with E-state index in [1.54, 1.807) is 0 Å². The minimum atomic E-state index is -0.132. The van der Waals surface area contributed by atoms with Crippen LogP contribution in [0.4, 0.5) is 0 Å². The van der Waals surface area contributed by atoms with Crippen molar-refractivity contribution in [2.75, 3.05) is 13.2 Å². The molecule has 2 rings (SSSR count). The fourth-order valence-corrected chi connectivity index (χ4v) is 2.03. The van der Waals surface area contributed by atoms with Gasteiger partial charge < -0.3 is 15.2 Å². The number of ketones is 1. The number of hydrogen-bond donors (Lipinski definition) is 2. The predicted octanol–water partition coefficient (Wildman–Crippen LogP) is -0.543. The molecule has 4 heteroatoms. The molecule has 0 amide bonds. The van der Waals surface area contributed by atoms with Crippen molar-refractivity contribution in [3.8, 4) is 0 Å². The average Bonchev–Trinajstić information content (AvgIpc) is 2.16. The smallest absolute Gasteiger partial charge is 0.135 e. The fraction of sp³-hybridized carbons (Fsp3) is 0.889. The van der Waals surface area contributed by atoms with E-state index in [4.69, 9.17) is 9.84 Å². The minimum Gasteiger partial charge on any atom is -0.394 e. The summed E-state index contributed by atoms with van der Waals surface area (Å²) >= 11 is 0. The number of aliphatic hydroxyl groups is 1. The Bertz CT molecular complexity index is 207. The third kappa shape index (κ3) is 1.90. The van der Waals surface area contributed by atoms with Crippen LogP contribution in [0.15, 0.2) is 0 Å². The molecule has 13 heavy (non-hydrogen) atoms. The topological polar surface area (TPSA) is 58.6 Å². The zero-order valence-corrected chi connectivity index (χ0v) is 7.53. The van der Waals surface area contributed by atoms with Crippen molar-refractivity contribution in [2.24, 2.45) is 0 Å². The second-order valence-corrected chi connectivity index (χ2v) is 3.78. The first-order valence-electron chi connectivity index (χ1n) is 4.81. The second kappa shape index (κ2) is 3.74. The normalized spacial score (nSPS) is 40.1. The Morgan fingerprint density at radius 2 is 2.46 bits per heavy atom. The summed E-state index contributed by atoms with van der Waals surface area (Å²) in [6.45, 7) is 0.732. The summed E-state index contributed by atoms with van der Waals surface area (Å²) in [5.41, 5.74) is 0. The maximum atomic E-state index is 11.1. The van der Waals surface area contributed by atoms with E-state index in [-0.39, 0.29) is 24.6 Å². The molecule has 1 saturated heterocycles. The summed E-state index contributed by atoms with van der Waals surface area (Å²) in [6, 6.07) is 0.320. The highest BCUT2D eigenvalue weighted by molar-refractivity contribution is 5.80. The molecule has 0 spiro atoms. The van der Waals surface area contributed by atoms with Gasteiger partial charge in [0.1, 0.15) is 5.78 Å². The lowest BCUT2D eigenvalue weighted by Gasteiger charge is -2.39. The zero-order valence-electron chi connectivity index (χ0n) is 7.53. The van der Waals surface area contributed by atoms with Crippen LogP contribution in [0.3, 0.4) is 0 Å². The SMILES string of the molecule is O=C1CC[C@H]2NC[C@@H](CO)OC2C1. The van der Waals surface area contributed by atoms with Crippen molar-refractivity contribution in [1.82, 2.24) is 5.32 Å². The first kappa shape index (κ1) is 9.12. The molecule has 3 atom stereocenters. The Morgan fingerprint density at radius 3 is 3.23 bits per heavy atom. The van der Waals surface area contributed by atoms with Crippen molar-refractivity contribution >= 4 is 5.78 Å². The number of hydrogen-bond acceptors (Lipinski definition) is 4. The van der Waals surface area contributed by atoms with Crippen LogP contribution in [0, 0.1) is 0 Å². The van der Waals surface area contributed by atoms with Gasteiger partial charge in [0.05, 0.1) is 18.8 Å². The molecule has 1 heterocycles. The zero-order chi connectivity index (χ0) is 9.26. The van der Waals surface area contributed by atoms with Gasteiger partial charge in [0.15, 0.2) is 0 Å². The fourth-order valence-electron chi connectivity index (χ4n) is 2.03. The molecule has 4 nitrogen and oxygen atoms in total. The van der Waals surface area contributed by atoms with Crippen molar-refractivity contribution in [3.05, 3.63) is 0 Å². The predicted molar refractivity (Wildman–Crippen MR) is 46.4 cm³/mol. The lowest BCUT2D eigenvalue weighted by atomic mass is 9.90. The summed E-state index contributed by atoms with van der Waals surface area (Å²) in [4.78, 5) is 11.1. The standard InChI is InChI=1S/C9H15NO3/c11-5-7-4-10-8-2-1-6(12)3-9(8)13-7/h7-11H,1-5H2/t7-,8+,9?/m0/s1. The van der Waals surface area contributed by atoms with Gasteiger partial charge in [-0.2, -0.15) is 0 Å². The summed E-state index contributed by atoms with van der Waals surface area (Å²) < 4.78 is 5.58. The molecular weight excluding hydrogens is 170 g/mol. The van der Waals surface area contributed by atoms with Crippen LogP contribution in [0.5, 0.6) is 0 Å². The molecule has 1 aliphatic carbocycles.